The van der Waals surface area contributed by atoms with Gasteiger partial charge in [0.2, 0.25) is 15.9 Å². The largest absolute Gasteiger partial charge is 0.492 e. The molecule has 1 spiro atoms. The van der Waals surface area contributed by atoms with Crippen molar-refractivity contribution in [3.05, 3.63) is 30.6 Å². The van der Waals surface area contributed by atoms with E-state index in [0.29, 0.717) is 32.4 Å². The molecule has 39 heavy (non-hydrogen) atoms. The minimum absolute atomic E-state index is 0.00796. The van der Waals surface area contributed by atoms with Crippen LogP contribution >= 0.6 is 0 Å². The Balaban J connectivity index is 1.48. The molecule has 3 amide bonds. The van der Waals surface area contributed by atoms with Gasteiger partial charge in [-0.2, -0.15) is 9.40 Å². The molecule has 0 radical (unpaired) electrons. The van der Waals surface area contributed by atoms with Crippen LogP contribution in [0.4, 0.5) is 4.79 Å². The number of rotatable bonds is 2. The number of aliphatic hydroxyl groups excluding tert-OH is 1. The molecule has 2 atom stereocenters. The smallest absolute Gasteiger partial charge is 0.317 e. The zero-order chi connectivity index (χ0) is 27.9. The number of benzene rings is 1. The first-order chi connectivity index (χ1) is 18.5. The second kappa shape index (κ2) is 10.4. The normalized spacial score (nSPS) is 24.8. The van der Waals surface area contributed by atoms with Crippen LogP contribution < -0.4 is 15.4 Å². The van der Waals surface area contributed by atoms with Crippen molar-refractivity contribution in [2.45, 2.75) is 68.2 Å². The number of aliphatic hydroxyl groups is 1. The topological polar surface area (TPSA) is 146 Å². The summed E-state index contributed by atoms with van der Waals surface area (Å²) in [5, 5.41) is 20.7. The lowest BCUT2D eigenvalue weighted by atomic mass is 9.84. The van der Waals surface area contributed by atoms with Crippen LogP contribution in [-0.4, -0.2) is 94.4 Å². The molecule has 13 heteroatoms. The number of nitrogens with zero attached hydrogens (tertiary/aromatic N) is 4. The van der Waals surface area contributed by atoms with Gasteiger partial charge < -0.3 is 25.4 Å². The van der Waals surface area contributed by atoms with Gasteiger partial charge in [0, 0.05) is 62.9 Å². The lowest BCUT2D eigenvalue weighted by Crippen LogP contribution is -2.60. The molecule has 3 aliphatic rings. The van der Waals surface area contributed by atoms with Gasteiger partial charge in [-0.15, -0.1) is 0 Å². The average Bonchev–Trinajstić information content (AvgIpc) is 3.49. The molecular formula is C26H36N6O6S. The Bertz CT molecular complexity index is 1350. The van der Waals surface area contributed by atoms with Gasteiger partial charge in [-0.05, 0) is 44.4 Å². The Hall–Kier alpha value is -3.16. The first-order valence-corrected chi connectivity index (χ1v) is 14.7. The molecule has 2 fully saturated rings. The molecule has 212 valence electrons. The molecule has 2 saturated heterocycles. The van der Waals surface area contributed by atoms with Gasteiger partial charge in [0.1, 0.15) is 16.7 Å². The molecule has 0 saturated carbocycles. The maximum atomic E-state index is 13.8. The highest BCUT2D eigenvalue weighted by atomic mass is 32.2. The predicted octanol–water partition coefficient (Wildman–Crippen LogP) is 1.06. The van der Waals surface area contributed by atoms with Gasteiger partial charge in [0.25, 0.3) is 0 Å². The molecule has 3 N–H and O–H groups in total. The van der Waals surface area contributed by atoms with Gasteiger partial charge in [0.05, 0.1) is 18.9 Å². The summed E-state index contributed by atoms with van der Waals surface area (Å²) in [4.78, 5) is 27.8. The summed E-state index contributed by atoms with van der Waals surface area (Å²) in [7, 11) is -2.36. The van der Waals surface area contributed by atoms with Crippen LogP contribution in [0.3, 0.4) is 0 Å². The molecule has 5 rings (SSSR count). The molecule has 3 aliphatic heterocycles. The predicted molar refractivity (Wildman–Crippen MR) is 142 cm³/mol. The summed E-state index contributed by atoms with van der Waals surface area (Å²) in [5.41, 5.74) is 0.879. The average molecular weight is 561 g/mol. The number of amides is 3. The number of aryl methyl sites for hydroxylation is 1. The number of hydrogen-bond acceptors (Lipinski definition) is 7. The molecule has 0 aliphatic carbocycles. The van der Waals surface area contributed by atoms with Crippen molar-refractivity contribution >= 4 is 22.0 Å². The minimum Gasteiger partial charge on any atom is -0.492 e. The number of ether oxygens (including phenoxy) is 1. The fraction of sp³-hybridized carbons (Fsp3) is 0.577. The zero-order valence-corrected chi connectivity index (χ0v) is 23.3. The molecule has 1 aromatic heterocycles. The first-order valence-electron chi connectivity index (χ1n) is 13.3. The minimum atomic E-state index is -4.16. The number of likely N-dealkylation sites (tertiary alicyclic amines) is 1. The first kappa shape index (κ1) is 27.4. The summed E-state index contributed by atoms with van der Waals surface area (Å²) in [5.74, 6) is -0.250. The van der Waals surface area contributed by atoms with Gasteiger partial charge >= 0.3 is 6.03 Å². The summed E-state index contributed by atoms with van der Waals surface area (Å²) in [6.07, 6.45) is 3.99. The molecule has 0 unspecified atom stereocenters. The second-order valence-electron chi connectivity index (χ2n) is 11.0. The number of nitrogens with one attached hydrogen (secondary N) is 2. The van der Waals surface area contributed by atoms with E-state index in [1.165, 1.54) is 6.07 Å². The Morgan fingerprint density at radius 1 is 1.23 bits per heavy atom. The lowest BCUT2D eigenvalue weighted by Gasteiger charge is -2.43. The van der Waals surface area contributed by atoms with Gasteiger partial charge in [-0.1, -0.05) is 6.07 Å². The quantitative estimate of drug-likeness (QED) is 0.498. The van der Waals surface area contributed by atoms with E-state index in [4.69, 9.17) is 4.74 Å². The number of aromatic nitrogens is 2. The standard InChI is InChI=1S/C26H36N6O6S/c1-17(2)28-25(35)31-9-6-26(7-10-31)8-11-38-22-12-18(19-14-27-30(3)15-19)4-5-23(22)39(36,37)32-16-20(33)13-21(32)24(34)29-26/h4-5,12,14-15,17,20-21,33H,6-11,13,16H2,1-3H3,(H,28,35)(H,29,34)/t20-,21+/m1/s1. The van der Waals surface area contributed by atoms with Crippen molar-refractivity contribution < 1.29 is 27.9 Å². The third kappa shape index (κ3) is 5.48. The number of piperidine rings is 1. The van der Waals surface area contributed by atoms with E-state index in [9.17, 15) is 23.1 Å². The lowest BCUT2D eigenvalue weighted by molar-refractivity contribution is -0.127. The molecular weight excluding hydrogens is 524 g/mol. The fourth-order valence-corrected chi connectivity index (χ4v) is 7.36. The van der Waals surface area contributed by atoms with E-state index in [0.717, 1.165) is 15.4 Å². The Morgan fingerprint density at radius 2 is 1.97 bits per heavy atom. The highest BCUT2D eigenvalue weighted by Gasteiger charge is 2.47. The number of carbonyl (C=O) groups is 2. The fourth-order valence-electron chi connectivity index (χ4n) is 5.61. The van der Waals surface area contributed by atoms with Crippen molar-refractivity contribution in [2.24, 2.45) is 7.05 Å². The van der Waals surface area contributed by atoms with E-state index in [-0.39, 0.29) is 42.3 Å². The summed E-state index contributed by atoms with van der Waals surface area (Å²) < 4.78 is 36.6. The van der Waals surface area contributed by atoms with Gasteiger partial charge in [-0.25, -0.2) is 13.2 Å². The van der Waals surface area contributed by atoms with Gasteiger partial charge in [-0.3, -0.25) is 9.48 Å². The summed E-state index contributed by atoms with van der Waals surface area (Å²) >= 11 is 0. The van der Waals surface area contributed by atoms with E-state index in [1.54, 1.807) is 35.0 Å². The maximum Gasteiger partial charge on any atom is 0.317 e. The zero-order valence-electron chi connectivity index (χ0n) is 22.5. The van der Waals surface area contributed by atoms with Crippen LogP contribution in [0.2, 0.25) is 0 Å². The number of carbonyl (C=O) groups excluding carboxylic acids is 2. The highest BCUT2D eigenvalue weighted by Crippen LogP contribution is 2.37. The summed E-state index contributed by atoms with van der Waals surface area (Å²) in [6.45, 7) is 4.67. The Morgan fingerprint density at radius 3 is 2.64 bits per heavy atom. The molecule has 0 bridgehead atoms. The monoisotopic (exact) mass is 560 g/mol. The van der Waals surface area contributed by atoms with E-state index >= 15 is 0 Å². The van der Waals surface area contributed by atoms with Crippen molar-refractivity contribution in [3.63, 3.8) is 0 Å². The third-order valence-corrected chi connectivity index (χ3v) is 9.67. The second-order valence-corrected chi connectivity index (χ2v) is 12.9. The Kier molecular flexibility index (Phi) is 7.33. The maximum absolute atomic E-state index is 13.8. The number of fused-ring (bicyclic) bond motifs is 2. The van der Waals surface area contributed by atoms with Crippen molar-refractivity contribution in [1.29, 1.82) is 0 Å². The van der Waals surface area contributed by atoms with Crippen LogP contribution in [0, 0.1) is 0 Å². The van der Waals surface area contributed by atoms with E-state index in [1.807, 2.05) is 20.0 Å². The molecule has 1 aromatic carbocycles. The van der Waals surface area contributed by atoms with Crippen molar-refractivity contribution in [2.75, 3.05) is 26.2 Å². The SMILES string of the molecule is CC(C)NC(=O)N1CCC2(CCOc3cc(-c4cnn(C)c4)ccc3S(=O)(=O)N3C[C@H](O)C[C@H]3C(=O)N2)CC1. The van der Waals surface area contributed by atoms with E-state index < -0.39 is 33.6 Å². The van der Waals surface area contributed by atoms with Crippen LogP contribution in [0.15, 0.2) is 35.5 Å². The number of sulfonamides is 1. The Labute approximate surface area is 228 Å². The molecule has 2 aromatic rings. The van der Waals surface area contributed by atoms with Gasteiger partial charge in [0.15, 0.2) is 0 Å². The van der Waals surface area contributed by atoms with Crippen molar-refractivity contribution in [1.82, 2.24) is 29.6 Å². The number of urea groups is 1. The van der Waals surface area contributed by atoms with Crippen molar-refractivity contribution in [3.8, 4) is 16.9 Å². The van der Waals surface area contributed by atoms with Crippen LogP contribution in [0.5, 0.6) is 5.75 Å². The third-order valence-electron chi connectivity index (χ3n) is 7.75. The van der Waals surface area contributed by atoms with Crippen LogP contribution in [-0.2, 0) is 21.9 Å². The van der Waals surface area contributed by atoms with Crippen LogP contribution in [0.1, 0.15) is 39.5 Å². The van der Waals surface area contributed by atoms with E-state index in [2.05, 4.69) is 15.7 Å². The summed E-state index contributed by atoms with van der Waals surface area (Å²) in [6, 6.07) is 3.69. The number of hydrogen-bond donors (Lipinski definition) is 3. The molecule has 4 heterocycles. The molecule has 12 nitrogen and oxygen atoms in total. The highest BCUT2D eigenvalue weighted by molar-refractivity contribution is 7.89. The van der Waals surface area contributed by atoms with Crippen LogP contribution in [0.25, 0.3) is 11.1 Å².